The number of benzene rings is 1. The zero-order chi connectivity index (χ0) is 15.1. The highest BCUT2D eigenvalue weighted by Crippen LogP contribution is 2.57. The van der Waals surface area contributed by atoms with Crippen molar-refractivity contribution in [3.63, 3.8) is 0 Å². The molecule has 3 rings (SSSR count). The van der Waals surface area contributed by atoms with E-state index in [0.29, 0.717) is 16.7 Å². The molecule has 1 spiro atoms. The molecule has 1 aromatic rings. The van der Waals surface area contributed by atoms with Crippen molar-refractivity contribution in [2.45, 2.75) is 52.4 Å². The van der Waals surface area contributed by atoms with Gasteiger partial charge in [-0.25, -0.2) is 0 Å². The normalized spacial score (nSPS) is 35.8. The highest BCUT2D eigenvalue weighted by Gasteiger charge is 2.49. The maximum atomic E-state index is 6.08. The van der Waals surface area contributed by atoms with Gasteiger partial charge in [-0.3, -0.25) is 0 Å². The Morgan fingerprint density at radius 3 is 2.48 bits per heavy atom. The Hall–Kier alpha value is -0.530. The van der Waals surface area contributed by atoms with Crippen molar-refractivity contribution in [3.05, 3.63) is 34.9 Å². The summed E-state index contributed by atoms with van der Waals surface area (Å²) in [5.74, 6) is 1.43. The van der Waals surface area contributed by atoms with Crippen LogP contribution in [0.4, 0.5) is 0 Å². The SMILES string of the molecule is CC1CC(C)(C)CCC12CCNCC2c1ccc(Cl)cc1. The van der Waals surface area contributed by atoms with Gasteiger partial charge < -0.3 is 5.32 Å². The van der Waals surface area contributed by atoms with Gasteiger partial charge in [-0.2, -0.15) is 0 Å². The predicted octanol–water partition coefficient (Wildman–Crippen LogP) is 5.25. The molecular weight excluding hydrogens is 278 g/mol. The first-order chi connectivity index (χ1) is 9.93. The fourth-order valence-electron chi connectivity index (χ4n) is 4.93. The summed E-state index contributed by atoms with van der Waals surface area (Å²) in [6.07, 6.45) is 5.41. The summed E-state index contributed by atoms with van der Waals surface area (Å²) in [5, 5.41) is 4.47. The van der Waals surface area contributed by atoms with Gasteiger partial charge in [0.05, 0.1) is 0 Å². The average molecular weight is 306 g/mol. The van der Waals surface area contributed by atoms with E-state index in [4.69, 9.17) is 11.6 Å². The first-order valence-electron chi connectivity index (χ1n) is 8.39. The van der Waals surface area contributed by atoms with Crippen molar-refractivity contribution in [1.29, 1.82) is 0 Å². The maximum Gasteiger partial charge on any atom is 0.0406 e. The van der Waals surface area contributed by atoms with Crippen LogP contribution in [0.1, 0.15) is 57.9 Å². The van der Waals surface area contributed by atoms with Crippen LogP contribution >= 0.6 is 11.6 Å². The van der Waals surface area contributed by atoms with Crippen molar-refractivity contribution in [2.75, 3.05) is 13.1 Å². The summed E-state index contributed by atoms with van der Waals surface area (Å²) in [6, 6.07) is 8.59. The number of hydrogen-bond donors (Lipinski definition) is 1. The Balaban J connectivity index is 1.92. The van der Waals surface area contributed by atoms with Gasteiger partial charge in [0.25, 0.3) is 0 Å². The fraction of sp³-hybridized carbons (Fsp3) is 0.684. The minimum atomic E-state index is 0.481. The summed E-state index contributed by atoms with van der Waals surface area (Å²) in [7, 11) is 0. The highest BCUT2D eigenvalue weighted by molar-refractivity contribution is 6.30. The second-order valence-electron chi connectivity index (χ2n) is 8.06. The van der Waals surface area contributed by atoms with Gasteiger partial charge in [0.1, 0.15) is 0 Å². The lowest BCUT2D eigenvalue weighted by atomic mass is 9.52. The molecule has 1 saturated carbocycles. The lowest BCUT2D eigenvalue weighted by Crippen LogP contribution is -2.50. The molecule has 3 unspecified atom stereocenters. The summed E-state index contributed by atoms with van der Waals surface area (Å²) in [5.41, 5.74) is 2.47. The lowest BCUT2D eigenvalue weighted by molar-refractivity contribution is -0.00701. The maximum absolute atomic E-state index is 6.08. The van der Waals surface area contributed by atoms with Gasteiger partial charge in [-0.1, -0.05) is 44.5 Å². The van der Waals surface area contributed by atoms with E-state index in [1.807, 2.05) is 0 Å². The Bertz CT molecular complexity index is 493. The van der Waals surface area contributed by atoms with Crippen molar-refractivity contribution >= 4 is 11.6 Å². The van der Waals surface area contributed by atoms with Crippen LogP contribution in [0.5, 0.6) is 0 Å². The van der Waals surface area contributed by atoms with Crippen molar-refractivity contribution in [3.8, 4) is 0 Å². The highest BCUT2D eigenvalue weighted by atomic mass is 35.5. The molecule has 1 nitrogen and oxygen atoms in total. The van der Waals surface area contributed by atoms with E-state index in [9.17, 15) is 0 Å². The quantitative estimate of drug-likeness (QED) is 0.747. The van der Waals surface area contributed by atoms with E-state index in [-0.39, 0.29) is 0 Å². The van der Waals surface area contributed by atoms with Gasteiger partial charge in [-0.05, 0) is 66.7 Å². The molecule has 1 aliphatic heterocycles. The molecule has 2 aliphatic rings. The molecule has 21 heavy (non-hydrogen) atoms. The van der Waals surface area contributed by atoms with E-state index < -0.39 is 0 Å². The van der Waals surface area contributed by atoms with E-state index in [0.717, 1.165) is 17.5 Å². The fourth-order valence-corrected chi connectivity index (χ4v) is 5.06. The van der Waals surface area contributed by atoms with Gasteiger partial charge in [0.15, 0.2) is 0 Å². The third-order valence-corrected chi connectivity index (χ3v) is 6.44. The summed E-state index contributed by atoms with van der Waals surface area (Å²) in [6.45, 7) is 9.67. The smallest absolute Gasteiger partial charge is 0.0406 e. The van der Waals surface area contributed by atoms with Crippen LogP contribution < -0.4 is 5.32 Å². The molecule has 1 aliphatic carbocycles. The van der Waals surface area contributed by atoms with E-state index in [2.05, 4.69) is 50.4 Å². The third-order valence-electron chi connectivity index (χ3n) is 6.19. The van der Waals surface area contributed by atoms with Crippen LogP contribution in [-0.2, 0) is 0 Å². The Morgan fingerprint density at radius 1 is 1.10 bits per heavy atom. The van der Waals surface area contributed by atoms with Crippen molar-refractivity contribution in [2.24, 2.45) is 16.7 Å². The molecule has 0 bridgehead atoms. The van der Waals surface area contributed by atoms with E-state index >= 15 is 0 Å². The predicted molar refractivity (Wildman–Crippen MR) is 90.9 cm³/mol. The third kappa shape index (κ3) is 2.87. The number of nitrogens with one attached hydrogen (secondary N) is 1. The Kier molecular flexibility index (Phi) is 4.09. The Morgan fingerprint density at radius 2 is 1.81 bits per heavy atom. The molecule has 1 saturated heterocycles. The molecule has 2 fully saturated rings. The summed E-state index contributed by atoms with van der Waals surface area (Å²) < 4.78 is 0. The summed E-state index contributed by atoms with van der Waals surface area (Å²) in [4.78, 5) is 0. The molecule has 3 atom stereocenters. The van der Waals surface area contributed by atoms with Gasteiger partial charge in [0, 0.05) is 17.5 Å². The molecular formula is C19H28ClN. The molecule has 2 heteroatoms. The molecule has 0 aromatic heterocycles. The average Bonchev–Trinajstić information content (AvgIpc) is 2.45. The van der Waals surface area contributed by atoms with Crippen LogP contribution in [0.2, 0.25) is 5.02 Å². The number of rotatable bonds is 1. The lowest BCUT2D eigenvalue weighted by Gasteiger charge is -2.55. The number of piperidine rings is 1. The second-order valence-corrected chi connectivity index (χ2v) is 8.50. The molecule has 1 N–H and O–H groups in total. The van der Waals surface area contributed by atoms with Crippen LogP contribution in [0.3, 0.4) is 0 Å². The van der Waals surface area contributed by atoms with Crippen LogP contribution in [0.15, 0.2) is 24.3 Å². The van der Waals surface area contributed by atoms with E-state index in [1.165, 1.54) is 37.8 Å². The molecule has 116 valence electrons. The van der Waals surface area contributed by atoms with Crippen molar-refractivity contribution < 1.29 is 0 Å². The second kappa shape index (κ2) is 5.59. The molecule has 1 heterocycles. The minimum Gasteiger partial charge on any atom is -0.316 e. The number of halogens is 1. The number of hydrogen-bond acceptors (Lipinski definition) is 1. The molecule has 0 amide bonds. The first kappa shape index (κ1) is 15.4. The largest absolute Gasteiger partial charge is 0.316 e. The van der Waals surface area contributed by atoms with E-state index in [1.54, 1.807) is 0 Å². The van der Waals surface area contributed by atoms with Crippen LogP contribution in [0, 0.1) is 16.7 Å². The van der Waals surface area contributed by atoms with Crippen LogP contribution in [-0.4, -0.2) is 13.1 Å². The zero-order valence-corrected chi connectivity index (χ0v) is 14.3. The Labute approximate surface area is 134 Å². The van der Waals surface area contributed by atoms with Crippen LogP contribution in [0.25, 0.3) is 0 Å². The summed E-state index contributed by atoms with van der Waals surface area (Å²) >= 11 is 6.08. The topological polar surface area (TPSA) is 12.0 Å². The van der Waals surface area contributed by atoms with Gasteiger partial charge in [-0.15, -0.1) is 0 Å². The molecule has 0 radical (unpaired) electrons. The standard InChI is InChI=1S/C19H28ClN/c1-14-12-18(2,3)8-9-19(14)10-11-21-13-17(19)15-4-6-16(20)7-5-15/h4-7,14,17,21H,8-13H2,1-3H3. The first-order valence-corrected chi connectivity index (χ1v) is 8.77. The minimum absolute atomic E-state index is 0.481. The van der Waals surface area contributed by atoms with Crippen molar-refractivity contribution in [1.82, 2.24) is 5.32 Å². The zero-order valence-electron chi connectivity index (χ0n) is 13.6. The van der Waals surface area contributed by atoms with Gasteiger partial charge in [0.2, 0.25) is 0 Å². The molecule has 1 aromatic carbocycles. The monoisotopic (exact) mass is 305 g/mol. The van der Waals surface area contributed by atoms with Gasteiger partial charge >= 0.3 is 0 Å².